The average Bonchev–Trinajstić information content (AvgIpc) is 2.71. The monoisotopic (exact) mass is 264 g/mol. The number of carbonyl (C=O) groups excluding carboxylic acids is 1. The second-order valence-electron chi connectivity index (χ2n) is 4.02. The van der Waals surface area contributed by atoms with Crippen molar-refractivity contribution in [3.05, 3.63) is 28.8 Å². The summed E-state index contributed by atoms with van der Waals surface area (Å²) in [4.78, 5) is 23.9. The minimum atomic E-state index is -0.990. The lowest BCUT2D eigenvalue weighted by molar-refractivity contribution is -0.141. The lowest BCUT2D eigenvalue weighted by atomic mass is 10.1. The van der Waals surface area contributed by atoms with Gasteiger partial charge in [0.2, 0.25) is 5.91 Å². The third kappa shape index (κ3) is 2.15. The van der Waals surface area contributed by atoms with Crippen LogP contribution in [0.3, 0.4) is 0 Å². The van der Waals surface area contributed by atoms with E-state index in [0.717, 1.165) is 0 Å². The zero-order valence-corrected chi connectivity index (χ0v) is 10.0. The van der Waals surface area contributed by atoms with E-state index in [4.69, 9.17) is 22.0 Å². The smallest absolute Gasteiger partial charge is 0.308 e. The summed E-state index contributed by atoms with van der Waals surface area (Å²) < 4.78 is 0. The molecule has 5 nitrogen and oxygen atoms in total. The molecule has 1 heterocycles. The summed E-state index contributed by atoms with van der Waals surface area (Å²) >= 11 is 5.99. The molecule has 0 aromatic heterocycles. The molecular weight excluding hydrogens is 256 g/mol. The van der Waals surface area contributed by atoms with E-state index in [2.05, 4.69) is 0 Å². The van der Waals surface area contributed by atoms with Crippen LogP contribution in [0, 0.1) is 17.2 Å². The number of carbonyl (C=O) groups is 2. The van der Waals surface area contributed by atoms with Crippen molar-refractivity contribution in [2.75, 3.05) is 11.4 Å². The van der Waals surface area contributed by atoms with Crippen LogP contribution in [0.4, 0.5) is 5.69 Å². The molecule has 0 saturated carbocycles. The molecule has 6 heteroatoms. The number of benzene rings is 1. The van der Waals surface area contributed by atoms with Crippen LogP contribution in [-0.4, -0.2) is 23.5 Å². The van der Waals surface area contributed by atoms with Crippen molar-refractivity contribution in [2.24, 2.45) is 5.92 Å². The molecule has 1 atom stereocenters. The Morgan fingerprint density at radius 1 is 1.56 bits per heavy atom. The minimum Gasteiger partial charge on any atom is -0.481 e. The molecule has 0 spiro atoms. The van der Waals surface area contributed by atoms with Crippen molar-refractivity contribution in [3.63, 3.8) is 0 Å². The van der Waals surface area contributed by atoms with Crippen molar-refractivity contribution < 1.29 is 14.7 Å². The molecule has 1 aromatic rings. The van der Waals surface area contributed by atoms with Gasteiger partial charge in [-0.2, -0.15) is 5.26 Å². The molecule has 1 aliphatic rings. The Morgan fingerprint density at radius 2 is 2.28 bits per heavy atom. The second kappa shape index (κ2) is 4.67. The maximum Gasteiger partial charge on any atom is 0.308 e. The number of nitrogens with zero attached hydrogens (tertiary/aromatic N) is 2. The molecule has 1 saturated heterocycles. The van der Waals surface area contributed by atoms with Gasteiger partial charge in [-0.05, 0) is 18.2 Å². The maximum absolute atomic E-state index is 11.7. The largest absolute Gasteiger partial charge is 0.481 e. The van der Waals surface area contributed by atoms with Crippen molar-refractivity contribution in [2.45, 2.75) is 6.42 Å². The molecule has 92 valence electrons. The third-order valence-corrected chi connectivity index (χ3v) is 3.14. The van der Waals surface area contributed by atoms with E-state index in [1.807, 2.05) is 6.07 Å². The molecule has 1 unspecified atom stereocenters. The van der Waals surface area contributed by atoms with Gasteiger partial charge in [0.1, 0.15) is 0 Å². The third-order valence-electron chi connectivity index (χ3n) is 2.84. The predicted octanol–water partition coefficient (Wildman–Crippen LogP) is 1.65. The normalized spacial score (nSPS) is 18.8. The first-order valence-electron chi connectivity index (χ1n) is 5.25. The molecule has 1 N–H and O–H groups in total. The fourth-order valence-electron chi connectivity index (χ4n) is 1.90. The molecule has 0 bridgehead atoms. The molecule has 1 aliphatic heterocycles. The van der Waals surface area contributed by atoms with E-state index in [0.29, 0.717) is 11.3 Å². The Morgan fingerprint density at radius 3 is 2.78 bits per heavy atom. The quantitative estimate of drug-likeness (QED) is 0.880. The van der Waals surface area contributed by atoms with Gasteiger partial charge in [-0.1, -0.05) is 11.6 Å². The highest BCUT2D eigenvalue weighted by molar-refractivity contribution is 6.34. The first-order valence-corrected chi connectivity index (χ1v) is 5.63. The number of rotatable bonds is 2. The van der Waals surface area contributed by atoms with Crippen LogP contribution in [0.15, 0.2) is 18.2 Å². The van der Waals surface area contributed by atoms with Gasteiger partial charge in [0, 0.05) is 13.0 Å². The van der Waals surface area contributed by atoms with Crippen LogP contribution >= 0.6 is 11.6 Å². The van der Waals surface area contributed by atoms with E-state index in [-0.39, 0.29) is 23.9 Å². The number of aliphatic carboxylic acids is 1. The fourth-order valence-corrected chi connectivity index (χ4v) is 2.18. The van der Waals surface area contributed by atoms with Gasteiger partial charge >= 0.3 is 5.97 Å². The Hall–Kier alpha value is -2.06. The Balaban J connectivity index is 2.30. The lowest BCUT2D eigenvalue weighted by Crippen LogP contribution is -2.26. The van der Waals surface area contributed by atoms with E-state index in [1.165, 1.54) is 11.0 Å². The second-order valence-corrected chi connectivity index (χ2v) is 4.43. The van der Waals surface area contributed by atoms with Crippen molar-refractivity contribution in [1.82, 2.24) is 0 Å². The lowest BCUT2D eigenvalue weighted by Gasteiger charge is -2.17. The number of carboxylic acids is 1. The number of hydrogen-bond donors (Lipinski definition) is 1. The summed E-state index contributed by atoms with van der Waals surface area (Å²) in [5.41, 5.74) is 0.842. The van der Waals surface area contributed by atoms with E-state index < -0.39 is 11.9 Å². The maximum atomic E-state index is 11.7. The van der Waals surface area contributed by atoms with Crippen molar-refractivity contribution in [3.8, 4) is 6.07 Å². The van der Waals surface area contributed by atoms with Crippen LogP contribution in [0.25, 0.3) is 0 Å². The SMILES string of the molecule is N#Cc1ccc(N2CC(C(=O)O)CC2=O)c(Cl)c1. The average molecular weight is 265 g/mol. The number of hydrogen-bond acceptors (Lipinski definition) is 3. The standard InChI is InChI=1S/C12H9ClN2O3/c13-9-3-7(5-14)1-2-10(9)15-6-8(12(17)18)4-11(15)16/h1-3,8H,4,6H2,(H,17,18). The zero-order valence-electron chi connectivity index (χ0n) is 9.26. The van der Waals surface area contributed by atoms with Gasteiger partial charge in [0.15, 0.2) is 0 Å². The molecule has 0 radical (unpaired) electrons. The van der Waals surface area contributed by atoms with Crippen LogP contribution in [-0.2, 0) is 9.59 Å². The van der Waals surface area contributed by atoms with E-state index >= 15 is 0 Å². The first-order chi connectivity index (χ1) is 8.52. The van der Waals surface area contributed by atoms with Crippen LogP contribution in [0.1, 0.15) is 12.0 Å². The number of amides is 1. The van der Waals surface area contributed by atoms with Gasteiger partial charge in [-0.25, -0.2) is 0 Å². The summed E-state index contributed by atoms with van der Waals surface area (Å²) in [6.07, 6.45) is -0.0222. The van der Waals surface area contributed by atoms with Crippen molar-refractivity contribution in [1.29, 1.82) is 5.26 Å². The molecule has 0 aliphatic carbocycles. The van der Waals surface area contributed by atoms with Crippen LogP contribution in [0.2, 0.25) is 5.02 Å². The number of halogens is 1. The minimum absolute atomic E-state index is 0.0222. The highest BCUT2D eigenvalue weighted by Gasteiger charge is 2.35. The number of carboxylic acid groups (broad SMARTS) is 1. The summed E-state index contributed by atoms with van der Waals surface area (Å²) in [7, 11) is 0. The van der Waals surface area contributed by atoms with E-state index in [9.17, 15) is 9.59 Å². The topological polar surface area (TPSA) is 81.4 Å². The number of anilines is 1. The molecular formula is C12H9ClN2O3. The molecule has 1 fully saturated rings. The van der Waals surface area contributed by atoms with Crippen LogP contribution < -0.4 is 4.90 Å². The number of nitriles is 1. The predicted molar refractivity (Wildman–Crippen MR) is 64.3 cm³/mol. The summed E-state index contributed by atoms with van der Waals surface area (Å²) in [6, 6.07) is 6.50. The zero-order chi connectivity index (χ0) is 13.3. The summed E-state index contributed by atoms with van der Waals surface area (Å²) in [6.45, 7) is 0.111. The van der Waals surface area contributed by atoms with Crippen LogP contribution in [0.5, 0.6) is 0 Å². The Labute approximate surface area is 108 Å². The van der Waals surface area contributed by atoms with Gasteiger partial charge < -0.3 is 10.0 Å². The first kappa shape index (κ1) is 12.4. The molecule has 18 heavy (non-hydrogen) atoms. The highest BCUT2D eigenvalue weighted by Crippen LogP contribution is 2.31. The van der Waals surface area contributed by atoms with Gasteiger partial charge in [0.05, 0.1) is 28.3 Å². The summed E-state index contributed by atoms with van der Waals surface area (Å²) in [5, 5.41) is 17.9. The summed E-state index contributed by atoms with van der Waals surface area (Å²) in [5.74, 6) is -1.96. The van der Waals surface area contributed by atoms with Crippen molar-refractivity contribution >= 4 is 29.2 Å². The Kier molecular flexibility index (Phi) is 3.21. The molecule has 1 amide bonds. The van der Waals surface area contributed by atoms with Gasteiger partial charge in [0.25, 0.3) is 0 Å². The highest BCUT2D eigenvalue weighted by atomic mass is 35.5. The fraction of sp³-hybridized carbons (Fsp3) is 0.250. The van der Waals surface area contributed by atoms with Gasteiger partial charge in [-0.15, -0.1) is 0 Å². The van der Waals surface area contributed by atoms with Gasteiger partial charge in [-0.3, -0.25) is 9.59 Å². The molecule has 2 rings (SSSR count). The molecule has 1 aromatic carbocycles. The van der Waals surface area contributed by atoms with E-state index in [1.54, 1.807) is 12.1 Å². The Bertz CT molecular complexity index is 565.